The summed E-state index contributed by atoms with van der Waals surface area (Å²) >= 11 is 7.90. The third-order valence-corrected chi connectivity index (χ3v) is 7.86. The van der Waals surface area contributed by atoms with Crippen LogP contribution in [0.25, 0.3) is 6.08 Å². The molecule has 0 fully saturated rings. The lowest BCUT2D eigenvalue weighted by Gasteiger charge is -2.24. The summed E-state index contributed by atoms with van der Waals surface area (Å²) in [5.41, 5.74) is 1.19. The number of thiazole rings is 1. The van der Waals surface area contributed by atoms with Gasteiger partial charge in [-0.1, -0.05) is 17.4 Å². The van der Waals surface area contributed by atoms with Gasteiger partial charge in [-0.3, -0.25) is 9.36 Å². The number of rotatable bonds is 4. The summed E-state index contributed by atoms with van der Waals surface area (Å²) < 4.78 is 25.1. The first-order valence-electron chi connectivity index (χ1n) is 9.91. The topological polar surface area (TPSA) is 92.3 Å². The van der Waals surface area contributed by atoms with Crippen LogP contribution >= 0.6 is 43.2 Å². The summed E-state index contributed by atoms with van der Waals surface area (Å²) in [7, 11) is 0. The summed E-state index contributed by atoms with van der Waals surface area (Å²) in [6.45, 7) is 3.80. The Hall–Kier alpha value is -2.63. The molecular formula is C22H16Br2N2O6S. The molecule has 4 heterocycles. The third-order valence-electron chi connectivity index (χ3n) is 5.17. The SMILES string of the molecule is CCOC(=O)C1=C(C)N=c2s/c(=C/c3cc(Br)c(Br)o3)c(=O)n2[C@@H]1c1ccc2c(c1)OCO2. The highest BCUT2D eigenvalue weighted by Gasteiger charge is 2.34. The molecule has 0 saturated carbocycles. The van der Waals surface area contributed by atoms with Gasteiger partial charge in [0.05, 0.1) is 32.9 Å². The monoisotopic (exact) mass is 594 g/mol. The lowest BCUT2D eigenvalue weighted by Crippen LogP contribution is -2.39. The molecule has 11 heteroatoms. The molecule has 8 nitrogen and oxygen atoms in total. The van der Waals surface area contributed by atoms with Gasteiger partial charge < -0.3 is 18.6 Å². The van der Waals surface area contributed by atoms with Gasteiger partial charge in [0, 0.05) is 6.08 Å². The van der Waals surface area contributed by atoms with E-state index < -0.39 is 12.0 Å². The number of halogens is 2. The van der Waals surface area contributed by atoms with Gasteiger partial charge in [-0.2, -0.15) is 0 Å². The fraction of sp³-hybridized carbons (Fsp3) is 0.227. The van der Waals surface area contributed by atoms with Crippen LogP contribution in [0, 0.1) is 0 Å². The van der Waals surface area contributed by atoms with E-state index in [4.69, 9.17) is 18.6 Å². The van der Waals surface area contributed by atoms with Gasteiger partial charge in [0.1, 0.15) is 5.76 Å². The Morgan fingerprint density at radius 3 is 2.82 bits per heavy atom. The van der Waals surface area contributed by atoms with E-state index in [0.29, 0.717) is 48.1 Å². The Labute approximate surface area is 208 Å². The number of benzene rings is 1. The smallest absolute Gasteiger partial charge is 0.338 e. The number of furan rings is 1. The van der Waals surface area contributed by atoms with Crippen molar-refractivity contribution in [3.63, 3.8) is 0 Å². The van der Waals surface area contributed by atoms with Crippen LogP contribution in [-0.2, 0) is 9.53 Å². The first kappa shape index (κ1) is 22.2. The Morgan fingerprint density at radius 1 is 1.30 bits per heavy atom. The van der Waals surface area contributed by atoms with Crippen molar-refractivity contribution < 1.29 is 23.4 Å². The molecule has 1 aromatic carbocycles. The largest absolute Gasteiger partial charge is 0.463 e. The van der Waals surface area contributed by atoms with Crippen molar-refractivity contribution in [1.82, 2.24) is 4.57 Å². The van der Waals surface area contributed by atoms with Gasteiger partial charge in [-0.25, -0.2) is 9.79 Å². The third kappa shape index (κ3) is 3.87. The standard InChI is InChI=1S/C22H16Br2N2O6S/c1-3-29-21(28)17-10(2)25-22-26(18(17)11-4-5-14-15(6-11)31-9-30-14)20(27)16(33-22)8-12-7-13(23)19(24)32-12/h4-8,18H,3,9H2,1-2H3/b16-8+/t18-/m1/s1. The van der Waals surface area contributed by atoms with E-state index in [-0.39, 0.29) is 19.0 Å². The zero-order chi connectivity index (χ0) is 23.3. The molecule has 0 unspecified atom stereocenters. The average molecular weight is 596 g/mol. The number of carbonyl (C=O) groups excluding carboxylic acids is 1. The first-order chi connectivity index (χ1) is 15.9. The Kier molecular flexibility index (Phi) is 5.79. The minimum absolute atomic E-state index is 0.120. The van der Waals surface area contributed by atoms with E-state index in [0.717, 1.165) is 4.47 Å². The number of hydrogen-bond donors (Lipinski definition) is 0. The highest BCUT2D eigenvalue weighted by Crippen LogP contribution is 2.38. The minimum Gasteiger partial charge on any atom is -0.463 e. The predicted molar refractivity (Wildman–Crippen MR) is 127 cm³/mol. The molecule has 0 amide bonds. The zero-order valence-corrected chi connectivity index (χ0v) is 21.4. The number of aromatic nitrogens is 1. The second kappa shape index (κ2) is 8.62. The molecule has 2 aliphatic rings. The van der Waals surface area contributed by atoms with Gasteiger partial charge in [-0.15, -0.1) is 0 Å². The van der Waals surface area contributed by atoms with Crippen molar-refractivity contribution in [2.45, 2.75) is 19.9 Å². The van der Waals surface area contributed by atoms with Crippen LogP contribution in [0.4, 0.5) is 0 Å². The van der Waals surface area contributed by atoms with Crippen LogP contribution in [0.1, 0.15) is 31.2 Å². The maximum absolute atomic E-state index is 13.5. The number of nitrogens with zero attached hydrogens (tertiary/aromatic N) is 2. The van der Waals surface area contributed by atoms with E-state index in [2.05, 4.69) is 36.9 Å². The van der Waals surface area contributed by atoms with Crippen molar-refractivity contribution in [2.75, 3.05) is 13.4 Å². The Morgan fingerprint density at radius 2 is 2.09 bits per heavy atom. The Bertz CT molecular complexity index is 1480. The predicted octanol–water partition coefficient (Wildman–Crippen LogP) is 3.65. The van der Waals surface area contributed by atoms with Gasteiger partial charge in [0.2, 0.25) is 6.79 Å². The highest BCUT2D eigenvalue weighted by molar-refractivity contribution is 9.13. The summed E-state index contributed by atoms with van der Waals surface area (Å²) in [5.74, 6) is 1.14. The van der Waals surface area contributed by atoms with E-state index in [9.17, 15) is 9.59 Å². The van der Waals surface area contributed by atoms with Crippen molar-refractivity contribution in [2.24, 2.45) is 4.99 Å². The maximum Gasteiger partial charge on any atom is 0.338 e. The van der Waals surface area contributed by atoms with Gasteiger partial charge in [0.15, 0.2) is 21.0 Å². The molecular weight excluding hydrogens is 580 g/mol. The molecule has 0 radical (unpaired) electrons. The Balaban J connectivity index is 1.73. The fourth-order valence-corrected chi connectivity index (χ4v) is 5.39. The molecule has 0 N–H and O–H groups in total. The van der Waals surface area contributed by atoms with Crippen molar-refractivity contribution >= 4 is 55.2 Å². The minimum atomic E-state index is -0.730. The second-order valence-corrected chi connectivity index (χ2v) is 9.77. The number of hydrogen-bond acceptors (Lipinski definition) is 8. The van der Waals surface area contributed by atoms with Crippen LogP contribution < -0.4 is 24.4 Å². The molecule has 2 aromatic heterocycles. The molecule has 3 aromatic rings. The van der Waals surface area contributed by atoms with Crippen molar-refractivity contribution in [3.8, 4) is 11.5 Å². The lowest BCUT2D eigenvalue weighted by atomic mass is 9.95. The number of allylic oxidation sites excluding steroid dienone is 1. The van der Waals surface area contributed by atoms with Gasteiger partial charge in [0.25, 0.3) is 5.56 Å². The van der Waals surface area contributed by atoms with Crippen LogP contribution in [-0.4, -0.2) is 23.9 Å². The van der Waals surface area contributed by atoms with Crippen molar-refractivity contribution in [1.29, 1.82) is 0 Å². The van der Waals surface area contributed by atoms with Crippen molar-refractivity contribution in [3.05, 3.63) is 75.7 Å². The number of ether oxygens (including phenoxy) is 3. The second-order valence-electron chi connectivity index (χ2n) is 7.19. The molecule has 5 rings (SSSR count). The van der Waals surface area contributed by atoms with Crippen LogP contribution in [0.5, 0.6) is 11.5 Å². The normalized spacial score (nSPS) is 17.2. The fourth-order valence-electron chi connectivity index (χ4n) is 3.75. The number of carbonyl (C=O) groups is 1. The van der Waals surface area contributed by atoms with E-state index in [1.54, 1.807) is 38.1 Å². The molecule has 33 heavy (non-hydrogen) atoms. The van der Waals surface area contributed by atoms with Crippen LogP contribution in [0.3, 0.4) is 0 Å². The molecule has 1 atom stereocenters. The average Bonchev–Trinajstić information content (AvgIpc) is 3.45. The first-order valence-corrected chi connectivity index (χ1v) is 12.3. The zero-order valence-electron chi connectivity index (χ0n) is 17.4. The molecule has 0 saturated heterocycles. The molecule has 2 aliphatic heterocycles. The summed E-state index contributed by atoms with van der Waals surface area (Å²) in [6.07, 6.45) is 1.65. The maximum atomic E-state index is 13.5. The summed E-state index contributed by atoms with van der Waals surface area (Å²) in [4.78, 5) is 31.5. The molecule has 0 bridgehead atoms. The molecule has 170 valence electrons. The van der Waals surface area contributed by atoms with E-state index in [1.807, 2.05) is 6.07 Å². The van der Waals surface area contributed by atoms with Gasteiger partial charge >= 0.3 is 5.97 Å². The summed E-state index contributed by atoms with van der Waals surface area (Å²) in [6, 6.07) is 6.39. The quantitative estimate of drug-likeness (QED) is 0.428. The van der Waals surface area contributed by atoms with Gasteiger partial charge in [-0.05, 0) is 69.5 Å². The van der Waals surface area contributed by atoms with Crippen LogP contribution in [0.2, 0.25) is 0 Å². The van der Waals surface area contributed by atoms with Crippen LogP contribution in [0.15, 0.2) is 58.9 Å². The lowest BCUT2D eigenvalue weighted by molar-refractivity contribution is -0.139. The molecule has 0 aliphatic carbocycles. The number of fused-ring (bicyclic) bond motifs is 2. The highest BCUT2D eigenvalue weighted by atomic mass is 79.9. The summed E-state index contributed by atoms with van der Waals surface area (Å²) in [5, 5.41) is 0. The van der Waals surface area contributed by atoms with E-state index >= 15 is 0 Å². The van der Waals surface area contributed by atoms with E-state index in [1.165, 1.54) is 15.9 Å². The number of esters is 1. The molecule has 0 spiro atoms.